The van der Waals surface area contributed by atoms with E-state index in [-0.39, 0.29) is 12.5 Å². The van der Waals surface area contributed by atoms with Gasteiger partial charge in [0, 0.05) is 6.42 Å². The molecule has 6 N–H and O–H groups in total. The summed E-state index contributed by atoms with van der Waals surface area (Å²) < 4.78 is 11.2. The van der Waals surface area contributed by atoms with E-state index in [1.165, 1.54) is 167 Å². The van der Waals surface area contributed by atoms with Gasteiger partial charge in [-0.2, -0.15) is 0 Å². The van der Waals surface area contributed by atoms with Gasteiger partial charge in [-0.1, -0.05) is 229 Å². The maximum Gasteiger partial charge on any atom is 0.220 e. The highest BCUT2D eigenvalue weighted by Crippen LogP contribution is 2.23. The standard InChI is InChI=1S/C59H107NO8/c1-3-5-7-9-11-13-15-17-19-21-23-25-26-27-28-29-31-33-35-37-39-41-43-45-47-49-55(63)60-52(51-67-59-58(66)57(65)56(64)54(50-61)68-59)53(62)48-46-44-42-40-38-36-34-32-30-24-22-20-18-16-14-12-10-8-6-4-2/h23,25,27-28,30,32,38,40,46,48,52-54,56-59,61-62,64-66H,3-22,24,26,29,31,33-37,39,41-45,47,49-51H2,1-2H3,(H,60,63)/b25-23-,28-27-,32-30+,40-38+,48-46+. The van der Waals surface area contributed by atoms with E-state index in [0.29, 0.717) is 6.42 Å². The van der Waals surface area contributed by atoms with Crippen molar-refractivity contribution in [3.8, 4) is 0 Å². The summed E-state index contributed by atoms with van der Waals surface area (Å²) in [4.78, 5) is 13.0. The second kappa shape index (κ2) is 48.5. The lowest BCUT2D eigenvalue weighted by atomic mass is 9.99. The van der Waals surface area contributed by atoms with Crippen LogP contribution in [0.3, 0.4) is 0 Å². The zero-order chi connectivity index (χ0) is 49.4. The smallest absolute Gasteiger partial charge is 0.220 e. The topological polar surface area (TPSA) is 149 Å². The number of ether oxygens (including phenoxy) is 2. The largest absolute Gasteiger partial charge is 0.394 e. The van der Waals surface area contributed by atoms with Gasteiger partial charge < -0.3 is 40.3 Å². The Balaban J connectivity index is 2.28. The van der Waals surface area contributed by atoms with Gasteiger partial charge in [0.15, 0.2) is 6.29 Å². The zero-order valence-corrected chi connectivity index (χ0v) is 43.9. The number of unbranched alkanes of at least 4 members (excludes halogenated alkanes) is 30. The number of hydrogen-bond donors (Lipinski definition) is 6. The van der Waals surface area contributed by atoms with Gasteiger partial charge in [-0.3, -0.25) is 4.79 Å². The molecule has 1 aliphatic heterocycles. The molecule has 0 aromatic carbocycles. The van der Waals surface area contributed by atoms with Gasteiger partial charge in [0.1, 0.15) is 24.4 Å². The molecular formula is C59H107NO8. The van der Waals surface area contributed by atoms with E-state index in [1.54, 1.807) is 6.08 Å². The van der Waals surface area contributed by atoms with E-state index in [2.05, 4.69) is 67.8 Å². The van der Waals surface area contributed by atoms with Gasteiger partial charge >= 0.3 is 0 Å². The third-order valence-corrected chi connectivity index (χ3v) is 13.3. The Hall–Kier alpha value is -2.11. The lowest BCUT2D eigenvalue weighted by Crippen LogP contribution is -2.60. The molecule has 0 saturated carbocycles. The molecule has 9 heteroatoms. The Kier molecular flexibility index (Phi) is 45.6. The van der Waals surface area contributed by atoms with Crippen molar-refractivity contribution >= 4 is 5.91 Å². The van der Waals surface area contributed by atoms with E-state index in [1.807, 2.05) is 6.08 Å². The van der Waals surface area contributed by atoms with Crippen LogP contribution in [0.25, 0.3) is 0 Å². The minimum atomic E-state index is -1.58. The van der Waals surface area contributed by atoms with Crippen LogP contribution in [-0.4, -0.2) is 87.5 Å². The molecule has 1 amide bonds. The Morgan fingerprint density at radius 1 is 0.500 bits per heavy atom. The fourth-order valence-corrected chi connectivity index (χ4v) is 8.75. The minimum absolute atomic E-state index is 0.195. The molecule has 9 nitrogen and oxygen atoms in total. The van der Waals surface area contributed by atoms with Crippen LogP contribution < -0.4 is 5.32 Å². The number of rotatable bonds is 48. The summed E-state index contributed by atoms with van der Waals surface area (Å²) in [5, 5.41) is 54.4. The molecule has 0 aliphatic carbocycles. The van der Waals surface area contributed by atoms with Gasteiger partial charge in [0.05, 0.1) is 25.4 Å². The van der Waals surface area contributed by atoms with Gasteiger partial charge in [0.2, 0.25) is 5.91 Å². The predicted octanol–water partition coefficient (Wildman–Crippen LogP) is 13.9. The Labute approximate surface area is 417 Å². The fourth-order valence-electron chi connectivity index (χ4n) is 8.75. The van der Waals surface area contributed by atoms with Crippen molar-refractivity contribution in [2.45, 2.75) is 294 Å². The molecule has 7 atom stereocenters. The first-order valence-corrected chi connectivity index (χ1v) is 28.5. The second-order valence-corrected chi connectivity index (χ2v) is 19.7. The monoisotopic (exact) mass is 958 g/mol. The predicted molar refractivity (Wildman–Crippen MR) is 286 cm³/mol. The van der Waals surface area contributed by atoms with Crippen molar-refractivity contribution in [2.75, 3.05) is 13.2 Å². The summed E-state index contributed by atoms with van der Waals surface area (Å²) in [5.74, 6) is -0.195. The third-order valence-electron chi connectivity index (χ3n) is 13.3. The average molecular weight is 959 g/mol. The molecule has 1 saturated heterocycles. The van der Waals surface area contributed by atoms with Crippen molar-refractivity contribution in [1.29, 1.82) is 0 Å². The Morgan fingerprint density at radius 2 is 0.882 bits per heavy atom. The number of carbonyl (C=O) groups excluding carboxylic acids is 1. The quantitative estimate of drug-likeness (QED) is 0.0261. The van der Waals surface area contributed by atoms with Gasteiger partial charge in [-0.15, -0.1) is 0 Å². The molecule has 396 valence electrons. The van der Waals surface area contributed by atoms with E-state index < -0.39 is 49.5 Å². The summed E-state index contributed by atoms with van der Waals surface area (Å²) in [6.45, 7) is 3.77. The molecule has 0 bridgehead atoms. The molecule has 0 spiro atoms. The molecule has 1 heterocycles. The highest BCUT2D eigenvalue weighted by molar-refractivity contribution is 5.76. The minimum Gasteiger partial charge on any atom is -0.394 e. The first-order chi connectivity index (χ1) is 33.3. The van der Waals surface area contributed by atoms with Crippen LogP contribution in [0, 0.1) is 0 Å². The highest BCUT2D eigenvalue weighted by atomic mass is 16.7. The van der Waals surface area contributed by atoms with E-state index in [0.717, 1.165) is 64.2 Å². The summed E-state index contributed by atoms with van der Waals surface area (Å²) in [6.07, 6.45) is 58.5. The first-order valence-electron chi connectivity index (χ1n) is 28.5. The number of hydrogen-bond acceptors (Lipinski definition) is 8. The summed E-state index contributed by atoms with van der Waals surface area (Å²) in [6, 6.07) is -0.833. The molecule has 0 aromatic heterocycles. The number of aliphatic hydroxyl groups excluding tert-OH is 5. The van der Waals surface area contributed by atoms with E-state index >= 15 is 0 Å². The van der Waals surface area contributed by atoms with Crippen LogP contribution >= 0.6 is 0 Å². The summed E-state index contributed by atoms with van der Waals surface area (Å²) in [5.41, 5.74) is 0. The number of carbonyl (C=O) groups is 1. The lowest BCUT2D eigenvalue weighted by Gasteiger charge is -2.40. The van der Waals surface area contributed by atoms with Gasteiger partial charge in [-0.05, 0) is 77.0 Å². The van der Waals surface area contributed by atoms with Gasteiger partial charge in [0.25, 0.3) is 0 Å². The molecule has 1 aliphatic rings. The van der Waals surface area contributed by atoms with E-state index in [4.69, 9.17) is 9.47 Å². The zero-order valence-electron chi connectivity index (χ0n) is 43.9. The molecule has 7 unspecified atom stereocenters. The fraction of sp³-hybridized carbons (Fsp3) is 0.814. The van der Waals surface area contributed by atoms with Crippen molar-refractivity contribution < 1.29 is 39.8 Å². The third kappa shape index (κ3) is 37.7. The van der Waals surface area contributed by atoms with E-state index in [9.17, 15) is 30.3 Å². The molecule has 0 radical (unpaired) electrons. The van der Waals surface area contributed by atoms with Crippen molar-refractivity contribution in [1.82, 2.24) is 5.32 Å². The average Bonchev–Trinajstić information content (AvgIpc) is 3.34. The normalized spacial score (nSPS) is 20.0. The van der Waals surface area contributed by atoms with Crippen LogP contribution in [0.1, 0.15) is 251 Å². The van der Waals surface area contributed by atoms with Crippen LogP contribution in [0.15, 0.2) is 60.8 Å². The highest BCUT2D eigenvalue weighted by Gasteiger charge is 2.44. The maximum atomic E-state index is 13.0. The molecular weight excluding hydrogens is 851 g/mol. The van der Waals surface area contributed by atoms with Crippen LogP contribution in [0.2, 0.25) is 0 Å². The summed E-state index contributed by atoms with van der Waals surface area (Å²) in [7, 11) is 0. The SMILES string of the molecule is CCCCCCCCCCC/C=C\C/C=C\CCCCCCCCCCCC(=O)NC(COC1OC(CO)C(O)C(O)C1O)C(O)/C=C/CC/C=C/CC/C=C/CCCCCCCCCCCC. The van der Waals surface area contributed by atoms with Crippen LogP contribution in [-0.2, 0) is 14.3 Å². The first kappa shape index (κ1) is 63.9. The summed E-state index contributed by atoms with van der Waals surface area (Å²) >= 11 is 0. The Bertz CT molecular complexity index is 1250. The number of allylic oxidation sites excluding steroid dienone is 9. The van der Waals surface area contributed by atoms with Crippen molar-refractivity contribution in [3.05, 3.63) is 60.8 Å². The van der Waals surface area contributed by atoms with Crippen molar-refractivity contribution in [3.63, 3.8) is 0 Å². The van der Waals surface area contributed by atoms with Gasteiger partial charge in [-0.25, -0.2) is 0 Å². The van der Waals surface area contributed by atoms with Crippen molar-refractivity contribution in [2.24, 2.45) is 0 Å². The lowest BCUT2D eigenvalue weighted by molar-refractivity contribution is -0.302. The molecule has 1 rings (SSSR count). The van der Waals surface area contributed by atoms with Crippen LogP contribution in [0.4, 0.5) is 0 Å². The molecule has 1 fully saturated rings. The number of nitrogens with one attached hydrogen (secondary N) is 1. The molecule has 0 aromatic rings. The molecule has 68 heavy (non-hydrogen) atoms. The van der Waals surface area contributed by atoms with Crippen LogP contribution in [0.5, 0.6) is 0 Å². The number of amides is 1. The number of aliphatic hydroxyl groups is 5. The second-order valence-electron chi connectivity index (χ2n) is 19.7. The Morgan fingerprint density at radius 3 is 1.32 bits per heavy atom. The maximum absolute atomic E-state index is 13.0.